The first-order valence-corrected chi connectivity index (χ1v) is 14.9. The number of nitrogens with one attached hydrogen (secondary N) is 2. The molecule has 2 aliphatic rings. The summed E-state index contributed by atoms with van der Waals surface area (Å²) >= 11 is 0. The second-order valence-corrected chi connectivity index (χ2v) is 11.1. The first-order chi connectivity index (χ1) is 20.0. The van der Waals surface area contributed by atoms with Crippen LogP contribution in [0.3, 0.4) is 0 Å². The van der Waals surface area contributed by atoms with Crippen LogP contribution in [0.4, 0.5) is 11.8 Å². The third-order valence-corrected chi connectivity index (χ3v) is 7.73. The molecule has 5 rings (SSSR count). The van der Waals surface area contributed by atoms with Gasteiger partial charge in [0.25, 0.3) is 0 Å². The number of rotatable bonds is 16. The van der Waals surface area contributed by atoms with Gasteiger partial charge in [-0.05, 0) is 100 Å². The molecule has 1 atom stereocenters. The van der Waals surface area contributed by atoms with Crippen LogP contribution < -0.4 is 15.4 Å². The highest BCUT2D eigenvalue weighted by Gasteiger charge is 2.25. The average Bonchev–Trinajstić information content (AvgIpc) is 3.84. The van der Waals surface area contributed by atoms with Gasteiger partial charge in [-0.1, -0.05) is 6.07 Å². The summed E-state index contributed by atoms with van der Waals surface area (Å²) in [6.07, 6.45) is 13.3. The number of hydrogen-bond acceptors (Lipinski definition) is 9. The van der Waals surface area contributed by atoms with E-state index >= 15 is 0 Å². The lowest BCUT2D eigenvalue weighted by Crippen LogP contribution is -2.37. The summed E-state index contributed by atoms with van der Waals surface area (Å²) < 4.78 is 5.93. The van der Waals surface area contributed by atoms with Gasteiger partial charge in [0.05, 0.1) is 6.20 Å². The number of unbranched alkanes of at least 4 members (excludes halogenated alkanes) is 1. The Morgan fingerprint density at radius 2 is 1.95 bits per heavy atom. The SMILES string of the molecule is Cc1ccc(OCCN(CCCCc2ccc3c(n2)NCCC3)CC[C@H](Nc2ncc(C3CC3)cn2)C(=O)O)cn1. The van der Waals surface area contributed by atoms with Crippen LogP contribution in [0.2, 0.25) is 0 Å². The van der Waals surface area contributed by atoms with Gasteiger partial charge in [0.2, 0.25) is 5.95 Å². The predicted octanol–water partition coefficient (Wildman–Crippen LogP) is 4.47. The molecule has 0 radical (unpaired) electrons. The van der Waals surface area contributed by atoms with Gasteiger partial charge in [0.15, 0.2) is 0 Å². The topological polar surface area (TPSA) is 125 Å². The molecular weight excluding hydrogens is 518 g/mol. The summed E-state index contributed by atoms with van der Waals surface area (Å²) in [5, 5.41) is 16.3. The number of pyridine rings is 2. The molecule has 1 saturated carbocycles. The number of hydrogen-bond donors (Lipinski definition) is 3. The fourth-order valence-corrected chi connectivity index (χ4v) is 5.08. The minimum absolute atomic E-state index is 0.357. The Morgan fingerprint density at radius 3 is 2.71 bits per heavy atom. The zero-order chi connectivity index (χ0) is 28.4. The van der Waals surface area contributed by atoms with E-state index in [1.807, 2.05) is 31.5 Å². The van der Waals surface area contributed by atoms with E-state index in [-0.39, 0.29) is 0 Å². The van der Waals surface area contributed by atoms with Gasteiger partial charge in [-0.3, -0.25) is 9.88 Å². The van der Waals surface area contributed by atoms with Crippen molar-refractivity contribution in [1.29, 1.82) is 0 Å². The largest absolute Gasteiger partial charge is 0.491 e. The first-order valence-electron chi connectivity index (χ1n) is 14.9. The number of ether oxygens (including phenoxy) is 1. The summed E-state index contributed by atoms with van der Waals surface area (Å²) in [4.78, 5) is 32.2. The van der Waals surface area contributed by atoms with Crippen LogP contribution in [0.5, 0.6) is 5.75 Å². The normalized spacial score (nSPS) is 15.2. The van der Waals surface area contributed by atoms with E-state index in [9.17, 15) is 9.90 Å². The molecule has 10 nitrogen and oxygen atoms in total. The fraction of sp³-hybridized carbons (Fsp3) is 0.516. The van der Waals surface area contributed by atoms with E-state index in [4.69, 9.17) is 9.72 Å². The van der Waals surface area contributed by atoms with Crippen molar-refractivity contribution < 1.29 is 14.6 Å². The van der Waals surface area contributed by atoms with Crippen molar-refractivity contribution in [2.45, 2.75) is 70.3 Å². The van der Waals surface area contributed by atoms with Gasteiger partial charge < -0.3 is 20.5 Å². The molecule has 0 spiro atoms. The number of carbonyl (C=O) groups is 1. The molecule has 41 heavy (non-hydrogen) atoms. The molecule has 0 aromatic carbocycles. The smallest absolute Gasteiger partial charge is 0.326 e. The lowest BCUT2D eigenvalue weighted by molar-refractivity contribution is -0.138. The Balaban J connectivity index is 1.13. The van der Waals surface area contributed by atoms with E-state index in [1.165, 1.54) is 18.4 Å². The summed E-state index contributed by atoms with van der Waals surface area (Å²) in [6, 6.07) is 7.43. The molecule has 0 bridgehead atoms. The van der Waals surface area contributed by atoms with Crippen LogP contribution in [-0.4, -0.2) is 74.7 Å². The Bertz CT molecular complexity index is 1270. The van der Waals surface area contributed by atoms with Crippen LogP contribution in [0, 0.1) is 6.92 Å². The zero-order valence-corrected chi connectivity index (χ0v) is 23.9. The van der Waals surface area contributed by atoms with Gasteiger partial charge in [0.1, 0.15) is 24.2 Å². The van der Waals surface area contributed by atoms with E-state index < -0.39 is 12.0 Å². The number of anilines is 2. The second-order valence-electron chi connectivity index (χ2n) is 11.1. The molecule has 218 valence electrons. The van der Waals surface area contributed by atoms with Crippen LogP contribution >= 0.6 is 0 Å². The van der Waals surface area contributed by atoms with Crippen LogP contribution in [0.15, 0.2) is 42.9 Å². The summed E-state index contributed by atoms with van der Waals surface area (Å²) in [5.41, 5.74) is 4.49. The maximum absolute atomic E-state index is 12.1. The minimum Gasteiger partial charge on any atom is -0.491 e. The number of aromatic nitrogens is 4. The molecule has 0 unspecified atom stereocenters. The van der Waals surface area contributed by atoms with Crippen molar-refractivity contribution in [3.05, 3.63) is 65.4 Å². The monoisotopic (exact) mass is 559 g/mol. The lowest BCUT2D eigenvalue weighted by Gasteiger charge is -2.24. The third kappa shape index (κ3) is 8.85. The second kappa shape index (κ2) is 14.2. The third-order valence-electron chi connectivity index (χ3n) is 7.73. The zero-order valence-electron chi connectivity index (χ0n) is 23.9. The highest BCUT2D eigenvalue weighted by Crippen LogP contribution is 2.39. The molecule has 1 aliphatic heterocycles. The molecule has 3 aromatic heterocycles. The van der Waals surface area contributed by atoms with Gasteiger partial charge in [0, 0.05) is 43.4 Å². The van der Waals surface area contributed by atoms with Crippen LogP contribution in [0.25, 0.3) is 0 Å². The van der Waals surface area contributed by atoms with E-state index in [0.29, 0.717) is 38.0 Å². The standard InChI is InChI=1S/C31H41N7O3/c1-22-7-12-27(21-33-22)41-18-17-38(15-3-2-6-26-11-10-24-5-4-14-32-29(24)36-26)16-13-28(30(39)40)37-31-34-19-25(20-35-31)23-8-9-23/h7,10-12,19-21,23,28H,2-6,8-9,13-18H2,1H3,(H,32,36)(H,39,40)(H,34,35,37)/t28-/m0/s1. The maximum Gasteiger partial charge on any atom is 0.326 e. The molecule has 3 N–H and O–H groups in total. The summed E-state index contributed by atoms with van der Waals surface area (Å²) in [7, 11) is 0. The number of carboxylic acid groups (broad SMARTS) is 1. The van der Waals surface area contributed by atoms with Crippen molar-refractivity contribution in [1.82, 2.24) is 24.8 Å². The fourth-order valence-electron chi connectivity index (χ4n) is 5.08. The number of nitrogens with zero attached hydrogens (tertiary/aromatic N) is 5. The highest BCUT2D eigenvalue weighted by molar-refractivity contribution is 5.76. The molecule has 4 heterocycles. The Labute approximate surface area is 242 Å². The highest BCUT2D eigenvalue weighted by atomic mass is 16.5. The van der Waals surface area contributed by atoms with Crippen molar-refractivity contribution >= 4 is 17.7 Å². The van der Waals surface area contributed by atoms with Crippen molar-refractivity contribution in [3.8, 4) is 5.75 Å². The number of carboxylic acids is 1. The Hall–Kier alpha value is -3.79. The van der Waals surface area contributed by atoms with Gasteiger partial charge in [-0.15, -0.1) is 0 Å². The quantitative estimate of drug-likeness (QED) is 0.216. The van der Waals surface area contributed by atoms with E-state index in [2.05, 4.69) is 42.6 Å². The predicted molar refractivity (Wildman–Crippen MR) is 159 cm³/mol. The molecule has 10 heteroatoms. The maximum atomic E-state index is 12.1. The molecule has 1 aliphatic carbocycles. The number of aliphatic carboxylic acids is 1. The molecule has 0 amide bonds. The van der Waals surface area contributed by atoms with E-state index in [1.54, 1.807) is 6.20 Å². The van der Waals surface area contributed by atoms with Crippen molar-refractivity contribution in [2.24, 2.45) is 0 Å². The lowest BCUT2D eigenvalue weighted by atomic mass is 10.1. The van der Waals surface area contributed by atoms with Crippen LogP contribution in [0.1, 0.15) is 67.0 Å². The van der Waals surface area contributed by atoms with Gasteiger partial charge >= 0.3 is 5.97 Å². The van der Waals surface area contributed by atoms with Gasteiger partial charge in [-0.25, -0.2) is 19.7 Å². The van der Waals surface area contributed by atoms with Crippen molar-refractivity contribution in [3.63, 3.8) is 0 Å². The molecular formula is C31H41N7O3. The number of fused-ring (bicyclic) bond motifs is 1. The van der Waals surface area contributed by atoms with Crippen LogP contribution in [-0.2, 0) is 17.6 Å². The Morgan fingerprint density at radius 1 is 1.10 bits per heavy atom. The molecule has 3 aromatic rings. The minimum atomic E-state index is -0.908. The summed E-state index contributed by atoms with van der Waals surface area (Å²) in [5.74, 6) is 1.78. The Kier molecular flexibility index (Phi) is 9.96. The molecule has 0 saturated heterocycles. The van der Waals surface area contributed by atoms with Crippen molar-refractivity contribution in [2.75, 3.05) is 43.4 Å². The number of aryl methyl sites for hydroxylation is 3. The first kappa shape index (κ1) is 28.7. The molecule has 1 fully saturated rings. The average molecular weight is 560 g/mol. The summed E-state index contributed by atoms with van der Waals surface area (Å²) in [6.45, 7) is 5.58. The van der Waals surface area contributed by atoms with E-state index in [0.717, 1.165) is 73.7 Å². The van der Waals surface area contributed by atoms with Gasteiger partial charge in [-0.2, -0.15) is 0 Å².